The second-order valence-electron chi connectivity index (χ2n) is 3.73. The summed E-state index contributed by atoms with van der Waals surface area (Å²) in [5.41, 5.74) is 7.80. The van der Waals surface area contributed by atoms with Gasteiger partial charge in [0.2, 0.25) is 0 Å². The average Bonchev–Trinajstić information content (AvgIpc) is 2.19. The molecule has 0 aliphatic carbocycles. The second kappa shape index (κ2) is 6.03. The molecule has 0 fully saturated rings. The van der Waals surface area contributed by atoms with Crippen LogP contribution in [0.1, 0.15) is 18.9 Å². The van der Waals surface area contributed by atoms with E-state index in [1.165, 1.54) is 10.5 Å². The summed E-state index contributed by atoms with van der Waals surface area (Å²) in [4.78, 5) is 1.31. The Labute approximate surface area is 96.2 Å². The van der Waals surface area contributed by atoms with Gasteiger partial charge in [0.15, 0.2) is 0 Å². The highest BCUT2D eigenvalue weighted by atomic mass is 32.2. The molecule has 1 atom stereocenters. The molecule has 0 saturated carbocycles. The average molecular weight is 225 g/mol. The zero-order valence-electron chi connectivity index (χ0n) is 9.62. The molecule has 0 bridgehead atoms. The molecule has 3 heteroatoms. The maximum Gasteiger partial charge on any atom is 0.0472 e. The molecule has 15 heavy (non-hydrogen) atoms. The molecule has 0 heterocycles. The molecule has 2 nitrogen and oxygen atoms in total. The SMILES string of the molecule is COCCC(C)Sc1ccc(N)cc1C. The van der Waals surface area contributed by atoms with Crippen molar-refractivity contribution in [2.24, 2.45) is 0 Å². The molecule has 0 saturated heterocycles. The van der Waals surface area contributed by atoms with Crippen molar-refractivity contribution in [3.05, 3.63) is 23.8 Å². The van der Waals surface area contributed by atoms with Crippen molar-refractivity contribution >= 4 is 17.4 Å². The quantitative estimate of drug-likeness (QED) is 0.618. The summed E-state index contributed by atoms with van der Waals surface area (Å²) in [5, 5.41) is 0.576. The smallest absolute Gasteiger partial charge is 0.0472 e. The van der Waals surface area contributed by atoms with Gasteiger partial charge in [0, 0.05) is 29.5 Å². The number of anilines is 1. The predicted octanol–water partition coefficient (Wildman–Crippen LogP) is 3.09. The standard InChI is InChI=1S/C12H19NOS/c1-9-8-11(13)4-5-12(9)15-10(2)6-7-14-3/h4-5,8,10H,6-7,13H2,1-3H3. The van der Waals surface area contributed by atoms with Crippen LogP contribution >= 0.6 is 11.8 Å². The van der Waals surface area contributed by atoms with Gasteiger partial charge in [-0.2, -0.15) is 0 Å². The van der Waals surface area contributed by atoms with Crippen LogP contribution in [0.2, 0.25) is 0 Å². The number of methoxy groups -OCH3 is 1. The van der Waals surface area contributed by atoms with E-state index in [0.717, 1.165) is 18.7 Å². The second-order valence-corrected chi connectivity index (χ2v) is 5.22. The van der Waals surface area contributed by atoms with Crippen molar-refractivity contribution in [3.63, 3.8) is 0 Å². The van der Waals surface area contributed by atoms with E-state index in [2.05, 4.69) is 19.9 Å². The minimum atomic E-state index is 0.576. The Hall–Kier alpha value is -0.670. The highest BCUT2D eigenvalue weighted by molar-refractivity contribution is 8.00. The number of rotatable bonds is 5. The third kappa shape index (κ3) is 4.14. The van der Waals surface area contributed by atoms with Crippen LogP contribution in [0.5, 0.6) is 0 Å². The highest BCUT2D eigenvalue weighted by Gasteiger charge is 2.06. The van der Waals surface area contributed by atoms with E-state index >= 15 is 0 Å². The number of ether oxygens (including phenoxy) is 1. The van der Waals surface area contributed by atoms with E-state index in [9.17, 15) is 0 Å². The van der Waals surface area contributed by atoms with Gasteiger partial charge >= 0.3 is 0 Å². The summed E-state index contributed by atoms with van der Waals surface area (Å²) in [7, 11) is 1.74. The lowest BCUT2D eigenvalue weighted by molar-refractivity contribution is 0.195. The van der Waals surface area contributed by atoms with Crippen LogP contribution < -0.4 is 5.73 Å². The maximum atomic E-state index is 5.71. The van der Waals surface area contributed by atoms with E-state index in [4.69, 9.17) is 10.5 Å². The van der Waals surface area contributed by atoms with Crippen molar-refractivity contribution in [2.75, 3.05) is 19.5 Å². The number of aryl methyl sites for hydroxylation is 1. The predicted molar refractivity (Wildman–Crippen MR) is 67.4 cm³/mol. The van der Waals surface area contributed by atoms with Gasteiger partial charge in [-0.15, -0.1) is 11.8 Å². The number of benzene rings is 1. The fourth-order valence-electron chi connectivity index (χ4n) is 1.36. The van der Waals surface area contributed by atoms with Gasteiger partial charge in [-0.1, -0.05) is 6.92 Å². The lowest BCUT2D eigenvalue weighted by Crippen LogP contribution is -2.01. The molecule has 2 N–H and O–H groups in total. The molecule has 0 radical (unpaired) electrons. The zero-order valence-corrected chi connectivity index (χ0v) is 10.4. The number of hydrogen-bond donors (Lipinski definition) is 1. The third-order valence-corrected chi connectivity index (χ3v) is 3.61. The minimum absolute atomic E-state index is 0.576. The number of thioether (sulfide) groups is 1. The Morgan fingerprint density at radius 2 is 2.20 bits per heavy atom. The molecule has 1 aromatic carbocycles. The molecular weight excluding hydrogens is 206 g/mol. The summed E-state index contributed by atoms with van der Waals surface area (Å²) in [6, 6.07) is 6.07. The summed E-state index contributed by atoms with van der Waals surface area (Å²) >= 11 is 1.88. The van der Waals surface area contributed by atoms with E-state index in [1.807, 2.05) is 23.9 Å². The van der Waals surface area contributed by atoms with Crippen LogP contribution in [0, 0.1) is 6.92 Å². The van der Waals surface area contributed by atoms with Crippen LogP contribution in [0.3, 0.4) is 0 Å². The largest absolute Gasteiger partial charge is 0.399 e. The lowest BCUT2D eigenvalue weighted by Gasteiger charge is -2.12. The molecule has 1 unspecified atom stereocenters. The molecular formula is C12H19NOS. The van der Waals surface area contributed by atoms with Crippen molar-refractivity contribution in [2.45, 2.75) is 30.4 Å². The summed E-state index contributed by atoms with van der Waals surface area (Å²) in [6.07, 6.45) is 1.07. The third-order valence-electron chi connectivity index (χ3n) is 2.26. The van der Waals surface area contributed by atoms with E-state index in [-0.39, 0.29) is 0 Å². The first-order chi connectivity index (χ1) is 7.13. The van der Waals surface area contributed by atoms with Gasteiger partial charge in [-0.05, 0) is 37.1 Å². The highest BCUT2D eigenvalue weighted by Crippen LogP contribution is 2.29. The Kier molecular flexibility index (Phi) is 4.99. The van der Waals surface area contributed by atoms with Gasteiger partial charge in [0.1, 0.15) is 0 Å². The van der Waals surface area contributed by atoms with E-state index < -0.39 is 0 Å². The maximum absolute atomic E-state index is 5.71. The molecule has 0 aromatic heterocycles. The van der Waals surface area contributed by atoms with Crippen molar-refractivity contribution in [3.8, 4) is 0 Å². The van der Waals surface area contributed by atoms with Crippen molar-refractivity contribution in [1.29, 1.82) is 0 Å². The Balaban J connectivity index is 2.56. The van der Waals surface area contributed by atoms with Gasteiger partial charge in [0.25, 0.3) is 0 Å². The lowest BCUT2D eigenvalue weighted by atomic mass is 10.2. The first-order valence-corrected chi connectivity index (χ1v) is 6.03. The summed E-state index contributed by atoms with van der Waals surface area (Å²) in [6.45, 7) is 5.14. The van der Waals surface area contributed by atoms with Gasteiger partial charge < -0.3 is 10.5 Å². The van der Waals surface area contributed by atoms with Gasteiger partial charge in [-0.25, -0.2) is 0 Å². The van der Waals surface area contributed by atoms with Crippen LogP contribution in [0.15, 0.2) is 23.1 Å². The fourth-order valence-corrected chi connectivity index (χ4v) is 2.40. The van der Waals surface area contributed by atoms with Crippen LogP contribution in [-0.4, -0.2) is 19.0 Å². The van der Waals surface area contributed by atoms with Crippen molar-refractivity contribution in [1.82, 2.24) is 0 Å². The molecule has 0 spiro atoms. The number of nitrogen functional groups attached to an aromatic ring is 1. The minimum Gasteiger partial charge on any atom is -0.399 e. The molecule has 1 rings (SSSR count). The van der Waals surface area contributed by atoms with E-state index in [1.54, 1.807) is 7.11 Å². The van der Waals surface area contributed by atoms with Gasteiger partial charge in [0.05, 0.1) is 0 Å². The molecule has 1 aromatic rings. The first kappa shape index (κ1) is 12.4. The van der Waals surface area contributed by atoms with Crippen LogP contribution in [0.25, 0.3) is 0 Å². The summed E-state index contributed by atoms with van der Waals surface area (Å²) in [5.74, 6) is 0. The number of nitrogens with two attached hydrogens (primary N) is 1. The van der Waals surface area contributed by atoms with Crippen LogP contribution in [0.4, 0.5) is 5.69 Å². The number of hydrogen-bond acceptors (Lipinski definition) is 3. The van der Waals surface area contributed by atoms with Gasteiger partial charge in [-0.3, -0.25) is 0 Å². The topological polar surface area (TPSA) is 35.2 Å². The Morgan fingerprint density at radius 3 is 2.80 bits per heavy atom. The molecule has 0 aliphatic rings. The Bertz CT molecular complexity index is 314. The van der Waals surface area contributed by atoms with Crippen molar-refractivity contribution < 1.29 is 4.74 Å². The normalized spacial score (nSPS) is 12.7. The van der Waals surface area contributed by atoms with Crippen LogP contribution in [-0.2, 0) is 4.74 Å². The monoisotopic (exact) mass is 225 g/mol. The van der Waals surface area contributed by atoms with E-state index in [0.29, 0.717) is 5.25 Å². The molecule has 0 amide bonds. The Morgan fingerprint density at radius 1 is 1.47 bits per heavy atom. The molecule has 0 aliphatic heterocycles. The fraction of sp³-hybridized carbons (Fsp3) is 0.500. The first-order valence-electron chi connectivity index (χ1n) is 5.15. The zero-order chi connectivity index (χ0) is 11.3. The summed E-state index contributed by atoms with van der Waals surface area (Å²) < 4.78 is 5.07. The molecule has 84 valence electrons.